The summed E-state index contributed by atoms with van der Waals surface area (Å²) in [6.07, 6.45) is 0. The van der Waals surface area contributed by atoms with Crippen molar-refractivity contribution in [3.05, 3.63) is 112 Å². The van der Waals surface area contributed by atoms with Crippen LogP contribution in [-0.2, 0) is 11.3 Å². The van der Waals surface area contributed by atoms with Gasteiger partial charge in [-0.15, -0.1) is 0 Å². The minimum atomic E-state index is -0.375. The Balaban J connectivity index is 1.32. The van der Waals surface area contributed by atoms with E-state index in [1.54, 1.807) is 36.4 Å². The second kappa shape index (κ2) is 8.95. The van der Waals surface area contributed by atoms with Crippen LogP contribution in [0.2, 0.25) is 0 Å². The summed E-state index contributed by atoms with van der Waals surface area (Å²) in [6, 6.07) is 27.0. The summed E-state index contributed by atoms with van der Waals surface area (Å²) in [5, 5.41) is 15.7. The number of hydrogen-bond donors (Lipinski definition) is 2. The molecule has 0 radical (unpaired) electrons. The van der Waals surface area contributed by atoms with Crippen LogP contribution in [0, 0.1) is 0 Å². The number of anilines is 1. The second-order valence-electron chi connectivity index (χ2n) is 7.71. The lowest BCUT2D eigenvalue weighted by atomic mass is 10.1. The van der Waals surface area contributed by atoms with Crippen LogP contribution in [0.1, 0.15) is 0 Å². The third kappa shape index (κ3) is 4.51. The van der Waals surface area contributed by atoms with Crippen LogP contribution in [0.3, 0.4) is 0 Å². The fourth-order valence-electron chi connectivity index (χ4n) is 3.63. The molecule has 8 nitrogen and oxygen atoms in total. The normalized spacial score (nSPS) is 10.8. The van der Waals surface area contributed by atoms with Gasteiger partial charge in [-0.3, -0.25) is 14.4 Å². The number of carbonyl (C=O) groups excluding carboxylic acids is 1. The number of nitrogens with zero attached hydrogens (tertiary/aromatic N) is 3. The van der Waals surface area contributed by atoms with Crippen molar-refractivity contribution in [2.24, 2.45) is 0 Å². The van der Waals surface area contributed by atoms with Crippen molar-refractivity contribution < 1.29 is 4.79 Å². The average molecular weight is 449 g/mol. The van der Waals surface area contributed by atoms with E-state index in [-0.39, 0.29) is 23.6 Å². The molecule has 0 aliphatic rings. The van der Waals surface area contributed by atoms with Gasteiger partial charge in [0.25, 0.3) is 11.1 Å². The molecule has 8 heteroatoms. The van der Waals surface area contributed by atoms with Gasteiger partial charge in [-0.25, -0.2) is 9.78 Å². The highest BCUT2D eigenvalue weighted by Gasteiger charge is 2.10. The molecule has 0 saturated carbocycles. The van der Waals surface area contributed by atoms with Gasteiger partial charge in [0.2, 0.25) is 5.91 Å². The van der Waals surface area contributed by atoms with Crippen LogP contribution >= 0.6 is 0 Å². The fourth-order valence-corrected chi connectivity index (χ4v) is 3.63. The number of rotatable bonds is 5. The maximum atomic E-state index is 12.6. The zero-order chi connectivity index (χ0) is 23.5. The summed E-state index contributed by atoms with van der Waals surface area (Å²) in [7, 11) is 0. The Kier molecular flexibility index (Phi) is 5.53. The van der Waals surface area contributed by atoms with Crippen LogP contribution in [0.5, 0.6) is 0 Å². The molecule has 2 aromatic heterocycles. The van der Waals surface area contributed by atoms with Crippen LogP contribution in [0.4, 0.5) is 5.69 Å². The van der Waals surface area contributed by atoms with E-state index in [4.69, 9.17) is 0 Å². The molecule has 34 heavy (non-hydrogen) atoms. The van der Waals surface area contributed by atoms with E-state index >= 15 is 0 Å². The monoisotopic (exact) mass is 449 g/mol. The molecule has 2 N–H and O–H groups in total. The van der Waals surface area contributed by atoms with E-state index in [9.17, 15) is 14.4 Å². The molecule has 1 amide bonds. The first-order valence-corrected chi connectivity index (χ1v) is 10.6. The number of benzene rings is 3. The summed E-state index contributed by atoms with van der Waals surface area (Å²) >= 11 is 0. The van der Waals surface area contributed by atoms with Crippen molar-refractivity contribution in [1.29, 1.82) is 0 Å². The molecule has 0 aliphatic heterocycles. The second-order valence-corrected chi connectivity index (χ2v) is 7.71. The first kappa shape index (κ1) is 21.0. The van der Waals surface area contributed by atoms with Gasteiger partial charge < -0.3 is 5.32 Å². The largest absolute Gasteiger partial charge is 0.324 e. The molecule has 166 valence electrons. The molecule has 5 aromatic rings. The third-order valence-corrected chi connectivity index (χ3v) is 5.35. The number of nitrogens with one attached hydrogen (secondary N) is 2. The Hall–Kier alpha value is -4.85. The number of aromatic nitrogens is 4. The van der Waals surface area contributed by atoms with Crippen molar-refractivity contribution in [3.8, 4) is 22.5 Å². The molecule has 0 spiro atoms. The molecule has 0 aliphatic carbocycles. The number of amides is 1. The van der Waals surface area contributed by atoms with Crippen LogP contribution in [0.25, 0.3) is 33.3 Å². The molecule has 0 bridgehead atoms. The Bertz CT molecular complexity index is 1600. The van der Waals surface area contributed by atoms with Gasteiger partial charge >= 0.3 is 0 Å². The molecule has 0 fully saturated rings. The third-order valence-electron chi connectivity index (χ3n) is 5.35. The van der Waals surface area contributed by atoms with E-state index < -0.39 is 0 Å². The number of hydrogen-bond acceptors (Lipinski definition) is 5. The molecular formula is C26H19N5O3. The predicted octanol–water partition coefficient (Wildman–Crippen LogP) is 3.45. The summed E-state index contributed by atoms with van der Waals surface area (Å²) in [6.45, 7) is -0.219. The standard InChI is InChI=1S/C26H19N5O3/c32-24-13-11-22(28-29-24)18-7-9-21(10-8-18)27-25(33)16-31-26(34)14-12-23(30-31)20-6-5-17-3-1-2-4-19(17)15-20/h1-15H,16H2,(H,27,33)(H,29,32). The fraction of sp³-hybridized carbons (Fsp3) is 0.0385. The number of H-pyrrole nitrogens is 1. The predicted molar refractivity (Wildman–Crippen MR) is 130 cm³/mol. The highest BCUT2D eigenvalue weighted by atomic mass is 16.2. The van der Waals surface area contributed by atoms with Crippen molar-refractivity contribution in [2.75, 3.05) is 5.32 Å². The quantitative estimate of drug-likeness (QED) is 0.427. The van der Waals surface area contributed by atoms with Gasteiger partial charge in [0, 0.05) is 28.9 Å². The van der Waals surface area contributed by atoms with Crippen LogP contribution in [-0.4, -0.2) is 25.9 Å². The number of fused-ring (bicyclic) bond motifs is 1. The van der Waals surface area contributed by atoms with E-state index in [1.165, 1.54) is 12.1 Å². The molecule has 0 unspecified atom stereocenters. The van der Waals surface area contributed by atoms with E-state index in [2.05, 4.69) is 20.6 Å². The van der Waals surface area contributed by atoms with Gasteiger partial charge in [-0.1, -0.05) is 48.5 Å². The van der Waals surface area contributed by atoms with Crippen LogP contribution < -0.4 is 16.4 Å². The minimum absolute atomic E-state index is 0.219. The first-order chi connectivity index (χ1) is 16.5. The van der Waals surface area contributed by atoms with Gasteiger partial charge in [0.1, 0.15) is 6.54 Å². The lowest BCUT2D eigenvalue weighted by molar-refractivity contribution is -0.117. The lowest BCUT2D eigenvalue weighted by Gasteiger charge is -2.09. The zero-order valence-corrected chi connectivity index (χ0v) is 17.9. The van der Waals surface area contributed by atoms with Gasteiger partial charge in [0.05, 0.1) is 11.4 Å². The van der Waals surface area contributed by atoms with Gasteiger partial charge in [0.15, 0.2) is 0 Å². The molecule has 5 rings (SSSR count). The summed E-state index contributed by atoms with van der Waals surface area (Å²) in [4.78, 5) is 36.1. The molecule has 2 heterocycles. The lowest BCUT2D eigenvalue weighted by Crippen LogP contribution is -2.29. The SMILES string of the molecule is O=C(Cn1nc(-c2ccc3ccccc3c2)ccc1=O)Nc1ccc(-c2ccc(=O)[nH]n2)cc1. The highest BCUT2D eigenvalue weighted by molar-refractivity contribution is 5.91. The maximum Gasteiger partial charge on any atom is 0.267 e. The Morgan fingerprint density at radius 1 is 0.794 bits per heavy atom. The molecule has 3 aromatic carbocycles. The molecule has 0 atom stereocenters. The van der Waals surface area contributed by atoms with E-state index in [0.29, 0.717) is 17.1 Å². The zero-order valence-electron chi connectivity index (χ0n) is 17.9. The molecular weight excluding hydrogens is 430 g/mol. The van der Waals surface area contributed by atoms with Crippen LogP contribution in [0.15, 0.2) is 101 Å². The van der Waals surface area contributed by atoms with E-state index in [0.717, 1.165) is 26.6 Å². The topological polar surface area (TPSA) is 110 Å². The number of carbonyl (C=O) groups is 1. The van der Waals surface area contributed by atoms with Crippen molar-refractivity contribution >= 4 is 22.4 Å². The van der Waals surface area contributed by atoms with E-state index in [1.807, 2.05) is 42.5 Å². The average Bonchev–Trinajstić information content (AvgIpc) is 2.86. The summed E-state index contributed by atoms with van der Waals surface area (Å²) in [5.41, 5.74) is 2.79. The summed E-state index contributed by atoms with van der Waals surface area (Å²) < 4.78 is 1.15. The maximum absolute atomic E-state index is 12.6. The highest BCUT2D eigenvalue weighted by Crippen LogP contribution is 2.22. The Morgan fingerprint density at radius 2 is 1.53 bits per heavy atom. The van der Waals surface area contributed by atoms with Gasteiger partial charge in [-0.2, -0.15) is 10.2 Å². The Labute approximate surface area is 193 Å². The van der Waals surface area contributed by atoms with Crippen molar-refractivity contribution in [2.45, 2.75) is 6.54 Å². The first-order valence-electron chi connectivity index (χ1n) is 10.6. The summed E-state index contributed by atoms with van der Waals surface area (Å²) in [5.74, 6) is -0.375. The van der Waals surface area contributed by atoms with Gasteiger partial charge in [-0.05, 0) is 41.1 Å². The van der Waals surface area contributed by atoms with Crippen molar-refractivity contribution in [1.82, 2.24) is 20.0 Å². The Morgan fingerprint density at radius 3 is 2.29 bits per heavy atom. The minimum Gasteiger partial charge on any atom is -0.324 e. The molecule has 0 saturated heterocycles. The number of aromatic amines is 1. The smallest absolute Gasteiger partial charge is 0.267 e. The van der Waals surface area contributed by atoms with Crippen molar-refractivity contribution in [3.63, 3.8) is 0 Å².